The molecule has 9 heteroatoms. The van der Waals surface area contributed by atoms with Gasteiger partial charge in [-0.2, -0.15) is 5.10 Å². The van der Waals surface area contributed by atoms with E-state index >= 15 is 0 Å². The number of urea groups is 1. The topological polar surface area (TPSA) is 106 Å². The predicted octanol–water partition coefficient (Wildman–Crippen LogP) is -1.22. The molecular formula is C12H17N5O4. The Morgan fingerprint density at radius 1 is 1.57 bits per heavy atom. The monoisotopic (exact) mass is 295 g/mol. The maximum Gasteiger partial charge on any atom is 0.325 e. The molecule has 0 aliphatic carbocycles. The summed E-state index contributed by atoms with van der Waals surface area (Å²) >= 11 is 0. The summed E-state index contributed by atoms with van der Waals surface area (Å²) in [5.41, 5.74) is 0.766. The smallest absolute Gasteiger partial charge is 0.325 e. The number of methoxy groups -OCH3 is 1. The van der Waals surface area contributed by atoms with Crippen molar-refractivity contribution in [1.82, 2.24) is 25.3 Å². The van der Waals surface area contributed by atoms with Crippen LogP contribution < -0.4 is 10.6 Å². The van der Waals surface area contributed by atoms with E-state index in [9.17, 15) is 14.4 Å². The highest BCUT2D eigenvalue weighted by Crippen LogP contribution is 2.12. The molecular weight excluding hydrogens is 278 g/mol. The summed E-state index contributed by atoms with van der Waals surface area (Å²) in [6.07, 6.45) is 1.61. The van der Waals surface area contributed by atoms with E-state index in [0.29, 0.717) is 0 Å². The van der Waals surface area contributed by atoms with E-state index < -0.39 is 23.9 Å². The second kappa shape index (κ2) is 6.35. The highest BCUT2D eigenvalue weighted by Gasteiger charge is 2.31. The maximum atomic E-state index is 12.0. The van der Waals surface area contributed by atoms with Gasteiger partial charge in [-0.05, 0) is 6.07 Å². The molecule has 0 saturated carbocycles. The molecule has 2 rings (SSSR count). The quantitative estimate of drug-likeness (QED) is 0.640. The van der Waals surface area contributed by atoms with Crippen molar-refractivity contribution in [3.8, 4) is 0 Å². The third kappa shape index (κ3) is 3.37. The van der Waals surface area contributed by atoms with Gasteiger partial charge in [-0.3, -0.25) is 19.2 Å². The summed E-state index contributed by atoms with van der Waals surface area (Å²) in [7, 11) is 3.27. The van der Waals surface area contributed by atoms with Gasteiger partial charge in [0.25, 0.3) is 5.91 Å². The lowest BCUT2D eigenvalue weighted by atomic mass is 10.2. The van der Waals surface area contributed by atoms with Gasteiger partial charge < -0.3 is 15.4 Å². The van der Waals surface area contributed by atoms with Crippen molar-refractivity contribution in [3.05, 3.63) is 18.0 Å². The van der Waals surface area contributed by atoms with Crippen molar-refractivity contribution < 1.29 is 19.1 Å². The van der Waals surface area contributed by atoms with E-state index in [0.717, 1.165) is 10.6 Å². The van der Waals surface area contributed by atoms with E-state index in [1.54, 1.807) is 24.0 Å². The van der Waals surface area contributed by atoms with Crippen LogP contribution >= 0.6 is 0 Å². The van der Waals surface area contributed by atoms with Gasteiger partial charge in [-0.25, -0.2) is 4.79 Å². The number of nitrogens with zero attached hydrogens (tertiary/aromatic N) is 3. The average molecular weight is 295 g/mol. The number of amides is 4. The second-order valence-corrected chi connectivity index (χ2v) is 4.59. The molecule has 1 saturated heterocycles. The molecule has 0 radical (unpaired) electrons. The van der Waals surface area contributed by atoms with Gasteiger partial charge in [0.1, 0.15) is 6.54 Å². The van der Waals surface area contributed by atoms with E-state index in [2.05, 4.69) is 15.7 Å². The van der Waals surface area contributed by atoms with Crippen molar-refractivity contribution in [3.63, 3.8) is 0 Å². The number of aryl methyl sites for hydroxylation is 1. The predicted molar refractivity (Wildman–Crippen MR) is 71.1 cm³/mol. The first kappa shape index (κ1) is 15.0. The first-order chi connectivity index (χ1) is 10.0. The summed E-state index contributed by atoms with van der Waals surface area (Å²) in [5.74, 6) is -0.859. The molecule has 0 bridgehead atoms. The highest BCUT2D eigenvalue weighted by molar-refractivity contribution is 6.04. The summed E-state index contributed by atoms with van der Waals surface area (Å²) in [4.78, 5) is 35.7. The van der Waals surface area contributed by atoms with Crippen LogP contribution in [-0.2, 0) is 21.4 Å². The van der Waals surface area contributed by atoms with Crippen LogP contribution in [0.4, 0.5) is 4.79 Å². The number of hydrogen-bond donors (Lipinski definition) is 2. The Labute approximate surface area is 121 Å². The van der Waals surface area contributed by atoms with Gasteiger partial charge in [0.05, 0.1) is 24.9 Å². The Bertz CT molecular complexity index is 540. The molecule has 114 valence electrons. The number of nitrogens with one attached hydrogen (secondary N) is 2. The standard InChI is InChI=1S/C12H17N5O4/c1-16-9(3-4-14-16)8(7-21-2)15-10(18)6-17-11(19)5-13-12(17)20/h3-4,8H,5-7H2,1-2H3,(H,13,20)(H,15,18)/t8-/m0/s1. The molecule has 1 aliphatic heterocycles. The normalized spacial score (nSPS) is 16.0. The average Bonchev–Trinajstić information content (AvgIpc) is 2.99. The Hall–Kier alpha value is -2.42. The van der Waals surface area contributed by atoms with Crippen LogP contribution in [0.3, 0.4) is 0 Å². The van der Waals surface area contributed by atoms with Crippen LogP contribution in [0, 0.1) is 0 Å². The zero-order chi connectivity index (χ0) is 15.4. The summed E-state index contributed by atoms with van der Waals surface area (Å²) < 4.78 is 6.70. The maximum absolute atomic E-state index is 12.0. The minimum Gasteiger partial charge on any atom is -0.382 e. The third-order valence-corrected chi connectivity index (χ3v) is 3.12. The lowest BCUT2D eigenvalue weighted by molar-refractivity contribution is -0.131. The third-order valence-electron chi connectivity index (χ3n) is 3.12. The number of carbonyl (C=O) groups excluding carboxylic acids is 3. The van der Waals surface area contributed by atoms with Crippen LogP contribution in [0.25, 0.3) is 0 Å². The number of hydrogen-bond acceptors (Lipinski definition) is 5. The van der Waals surface area contributed by atoms with Crippen molar-refractivity contribution in [2.45, 2.75) is 6.04 Å². The molecule has 0 aromatic carbocycles. The molecule has 1 atom stereocenters. The summed E-state index contributed by atoms with van der Waals surface area (Å²) in [6.45, 7) is -0.135. The largest absolute Gasteiger partial charge is 0.382 e. The number of aromatic nitrogens is 2. The van der Waals surface area contributed by atoms with Crippen LogP contribution in [0.5, 0.6) is 0 Å². The van der Waals surface area contributed by atoms with Crippen molar-refractivity contribution in [2.24, 2.45) is 7.05 Å². The lowest BCUT2D eigenvalue weighted by Crippen LogP contribution is -2.43. The van der Waals surface area contributed by atoms with Crippen LogP contribution in [0.15, 0.2) is 12.3 Å². The zero-order valence-corrected chi connectivity index (χ0v) is 11.8. The number of ether oxygens (including phenoxy) is 1. The van der Waals surface area contributed by atoms with E-state index in [-0.39, 0.29) is 19.7 Å². The van der Waals surface area contributed by atoms with Gasteiger partial charge in [0.15, 0.2) is 0 Å². The number of rotatable bonds is 6. The second-order valence-electron chi connectivity index (χ2n) is 4.59. The van der Waals surface area contributed by atoms with Gasteiger partial charge >= 0.3 is 6.03 Å². The van der Waals surface area contributed by atoms with Gasteiger partial charge in [-0.1, -0.05) is 0 Å². The van der Waals surface area contributed by atoms with E-state index in [4.69, 9.17) is 4.74 Å². The van der Waals surface area contributed by atoms with Crippen molar-refractivity contribution in [1.29, 1.82) is 0 Å². The van der Waals surface area contributed by atoms with Crippen LogP contribution in [0.1, 0.15) is 11.7 Å². The summed E-state index contributed by atoms with van der Waals surface area (Å²) in [5, 5.41) is 9.12. The van der Waals surface area contributed by atoms with E-state index in [1.807, 2.05) is 0 Å². The van der Waals surface area contributed by atoms with Gasteiger partial charge in [0, 0.05) is 20.4 Å². The van der Waals surface area contributed by atoms with Crippen molar-refractivity contribution >= 4 is 17.8 Å². The zero-order valence-electron chi connectivity index (χ0n) is 11.8. The first-order valence-electron chi connectivity index (χ1n) is 6.37. The SMILES string of the molecule is COC[C@H](NC(=O)CN1C(=O)CNC1=O)c1ccnn1C. The van der Waals surface area contributed by atoms with Crippen LogP contribution in [0.2, 0.25) is 0 Å². The molecule has 1 aromatic rings. The minimum atomic E-state index is -0.557. The molecule has 9 nitrogen and oxygen atoms in total. The molecule has 4 amide bonds. The molecule has 1 aromatic heterocycles. The Balaban J connectivity index is 2.00. The lowest BCUT2D eigenvalue weighted by Gasteiger charge is -2.20. The van der Waals surface area contributed by atoms with E-state index in [1.165, 1.54) is 7.11 Å². The first-order valence-corrected chi connectivity index (χ1v) is 6.37. The summed E-state index contributed by atoms with van der Waals surface area (Å²) in [6, 6.07) is 0.798. The van der Waals surface area contributed by atoms with Crippen molar-refractivity contribution in [2.75, 3.05) is 26.8 Å². The van der Waals surface area contributed by atoms with Gasteiger partial charge in [0.2, 0.25) is 5.91 Å². The fourth-order valence-electron chi connectivity index (χ4n) is 2.09. The fourth-order valence-corrected chi connectivity index (χ4v) is 2.09. The Morgan fingerprint density at radius 3 is 2.86 bits per heavy atom. The molecule has 1 aliphatic rings. The molecule has 2 heterocycles. The molecule has 0 spiro atoms. The number of carbonyl (C=O) groups is 3. The highest BCUT2D eigenvalue weighted by atomic mass is 16.5. The Morgan fingerprint density at radius 2 is 2.33 bits per heavy atom. The molecule has 2 N–H and O–H groups in total. The number of imide groups is 1. The molecule has 0 unspecified atom stereocenters. The fraction of sp³-hybridized carbons (Fsp3) is 0.500. The molecule has 21 heavy (non-hydrogen) atoms. The van der Waals surface area contributed by atoms with Crippen LogP contribution in [-0.4, -0.2) is 59.3 Å². The Kier molecular flexibility index (Phi) is 4.53. The molecule has 1 fully saturated rings. The minimum absolute atomic E-state index is 0.0741. The van der Waals surface area contributed by atoms with Gasteiger partial charge in [-0.15, -0.1) is 0 Å².